The van der Waals surface area contributed by atoms with Crippen LogP contribution in [0.5, 0.6) is 5.75 Å². The zero-order chi connectivity index (χ0) is 26.3. The number of aliphatic hydroxyl groups is 1. The Morgan fingerprint density at radius 1 is 1.08 bits per heavy atom. The van der Waals surface area contributed by atoms with Crippen molar-refractivity contribution >= 4 is 16.9 Å². The molecule has 1 amide bonds. The lowest BCUT2D eigenvalue weighted by Gasteiger charge is -2.53. The van der Waals surface area contributed by atoms with Crippen LogP contribution >= 0.6 is 0 Å². The highest BCUT2D eigenvalue weighted by molar-refractivity contribution is 5.84. The van der Waals surface area contributed by atoms with Gasteiger partial charge in [0.1, 0.15) is 11.3 Å². The molecule has 6 nitrogen and oxygen atoms in total. The Morgan fingerprint density at radius 3 is 2.66 bits per heavy atom. The lowest BCUT2D eigenvalue weighted by molar-refractivity contribution is -0.161. The number of likely N-dealkylation sites (tertiary alicyclic amines) is 1. The van der Waals surface area contributed by atoms with Crippen molar-refractivity contribution in [1.82, 2.24) is 4.90 Å². The van der Waals surface area contributed by atoms with Gasteiger partial charge in [0, 0.05) is 29.5 Å². The molecule has 0 spiro atoms. The van der Waals surface area contributed by atoms with Gasteiger partial charge in [0.15, 0.2) is 6.10 Å². The smallest absolute Gasteiger partial charge is 0.339 e. The summed E-state index contributed by atoms with van der Waals surface area (Å²) in [6.07, 6.45) is 7.99. The van der Waals surface area contributed by atoms with Crippen LogP contribution < -0.4 is 10.4 Å². The number of ether oxygens (including phenoxy) is 1. The van der Waals surface area contributed by atoms with Crippen LogP contribution in [0.3, 0.4) is 0 Å². The number of rotatable bonds is 5. The van der Waals surface area contributed by atoms with E-state index in [0.717, 1.165) is 73.4 Å². The Morgan fingerprint density at radius 2 is 1.87 bits per heavy atom. The van der Waals surface area contributed by atoms with Gasteiger partial charge in [0.2, 0.25) is 0 Å². The molecule has 38 heavy (non-hydrogen) atoms. The maximum absolute atomic E-state index is 14.1. The number of carbonyl (C=O) groups excluding carboxylic acids is 1. The van der Waals surface area contributed by atoms with E-state index >= 15 is 0 Å². The fourth-order valence-corrected chi connectivity index (χ4v) is 7.15. The molecule has 0 bridgehead atoms. The van der Waals surface area contributed by atoms with E-state index in [1.54, 1.807) is 6.07 Å². The average Bonchev–Trinajstić information content (AvgIpc) is 2.95. The van der Waals surface area contributed by atoms with Crippen molar-refractivity contribution in [2.75, 3.05) is 6.54 Å². The van der Waals surface area contributed by atoms with Gasteiger partial charge in [-0.05, 0) is 74.6 Å². The molecular weight excluding hydrogens is 478 g/mol. The Bertz CT molecular complexity index is 1380. The Hall–Kier alpha value is -3.12. The van der Waals surface area contributed by atoms with Crippen LogP contribution in [0.4, 0.5) is 0 Å². The molecule has 2 fully saturated rings. The van der Waals surface area contributed by atoms with Gasteiger partial charge in [-0.25, -0.2) is 4.79 Å². The molecule has 6 heteroatoms. The second-order valence-corrected chi connectivity index (χ2v) is 11.3. The monoisotopic (exact) mass is 515 g/mol. The Balaban J connectivity index is 1.29. The number of hydrogen-bond acceptors (Lipinski definition) is 5. The van der Waals surface area contributed by atoms with Crippen LogP contribution in [0.1, 0.15) is 81.0 Å². The molecule has 6 rings (SSSR count). The maximum atomic E-state index is 14.1. The Kier molecular flexibility index (Phi) is 6.77. The average molecular weight is 516 g/mol. The minimum absolute atomic E-state index is 0.00924. The van der Waals surface area contributed by atoms with Crippen molar-refractivity contribution in [2.45, 2.75) is 88.9 Å². The molecule has 2 aliphatic carbocycles. The predicted molar refractivity (Wildman–Crippen MR) is 146 cm³/mol. The largest absolute Gasteiger partial charge is 0.480 e. The summed E-state index contributed by atoms with van der Waals surface area (Å²) in [6, 6.07) is 15.6. The summed E-state index contributed by atoms with van der Waals surface area (Å²) in [7, 11) is 0. The van der Waals surface area contributed by atoms with E-state index in [1.165, 1.54) is 0 Å². The number of benzene rings is 2. The van der Waals surface area contributed by atoms with E-state index in [0.29, 0.717) is 30.7 Å². The summed E-state index contributed by atoms with van der Waals surface area (Å²) >= 11 is 0. The first kappa shape index (κ1) is 25.2. The van der Waals surface area contributed by atoms with Crippen molar-refractivity contribution in [2.24, 2.45) is 5.92 Å². The minimum atomic E-state index is -0.729. The van der Waals surface area contributed by atoms with Crippen molar-refractivity contribution in [3.8, 4) is 5.75 Å². The van der Waals surface area contributed by atoms with Gasteiger partial charge in [-0.3, -0.25) is 4.79 Å². The van der Waals surface area contributed by atoms with Crippen LogP contribution in [-0.2, 0) is 17.6 Å². The third-order valence-electron chi connectivity index (χ3n) is 9.11. The van der Waals surface area contributed by atoms with Crippen molar-refractivity contribution < 1.29 is 19.1 Å². The molecule has 1 saturated carbocycles. The fourth-order valence-electron chi connectivity index (χ4n) is 7.15. The van der Waals surface area contributed by atoms with E-state index < -0.39 is 11.7 Å². The predicted octanol–water partition coefficient (Wildman–Crippen LogP) is 5.72. The van der Waals surface area contributed by atoms with Gasteiger partial charge >= 0.3 is 5.63 Å². The highest BCUT2D eigenvalue weighted by Gasteiger charge is 2.50. The first-order valence-corrected chi connectivity index (χ1v) is 14.3. The van der Waals surface area contributed by atoms with E-state index in [9.17, 15) is 14.7 Å². The Labute approximate surface area is 223 Å². The van der Waals surface area contributed by atoms with E-state index in [2.05, 4.69) is 12.1 Å². The molecule has 3 aliphatic rings. The number of piperidine rings is 1. The SMILES string of the molecule is CCC(Oc1ccc2c3c(c(=O)oc2c1)CCCC3)C(=O)N1CCC2(O)CCCCC2C1c1ccccc1. The molecule has 0 radical (unpaired) electrons. The third-order valence-corrected chi connectivity index (χ3v) is 9.11. The molecule has 4 atom stereocenters. The topological polar surface area (TPSA) is 80.0 Å². The molecule has 4 unspecified atom stereocenters. The molecule has 200 valence electrons. The summed E-state index contributed by atoms with van der Waals surface area (Å²) in [6.45, 7) is 2.46. The molecular formula is C32H37NO5. The lowest BCUT2D eigenvalue weighted by Crippen LogP contribution is -2.58. The number of hydrogen-bond donors (Lipinski definition) is 1. The first-order valence-electron chi connectivity index (χ1n) is 14.3. The van der Waals surface area contributed by atoms with Crippen LogP contribution in [0.15, 0.2) is 57.7 Å². The van der Waals surface area contributed by atoms with Gasteiger partial charge < -0.3 is 19.2 Å². The normalized spacial score (nSPS) is 25.9. The second-order valence-electron chi connectivity index (χ2n) is 11.3. The standard InChI is InChI=1S/C32H37NO5/c1-2-27(37-22-15-16-24-23-12-6-7-13-25(23)31(35)38-28(24)20-22)30(34)33-19-18-32(36)17-9-8-14-26(32)29(33)21-10-4-3-5-11-21/h3-5,10-11,15-16,20,26-27,29,36H,2,6-9,12-14,17-19H2,1H3. The summed E-state index contributed by atoms with van der Waals surface area (Å²) in [5.74, 6) is 0.481. The van der Waals surface area contributed by atoms with E-state index in [-0.39, 0.29) is 23.5 Å². The highest BCUT2D eigenvalue weighted by atomic mass is 16.5. The maximum Gasteiger partial charge on any atom is 0.339 e. The number of carbonyl (C=O) groups is 1. The fraction of sp³-hybridized carbons (Fsp3) is 0.500. The minimum Gasteiger partial charge on any atom is -0.480 e. The van der Waals surface area contributed by atoms with Crippen LogP contribution in [-0.4, -0.2) is 34.2 Å². The van der Waals surface area contributed by atoms with E-state index in [4.69, 9.17) is 9.15 Å². The third kappa shape index (κ3) is 4.43. The van der Waals surface area contributed by atoms with Gasteiger partial charge in [-0.2, -0.15) is 0 Å². The molecule has 1 saturated heterocycles. The van der Waals surface area contributed by atoms with Crippen LogP contribution in [0.25, 0.3) is 11.0 Å². The van der Waals surface area contributed by atoms with Gasteiger partial charge in [-0.15, -0.1) is 0 Å². The van der Waals surface area contributed by atoms with Crippen LogP contribution in [0, 0.1) is 5.92 Å². The van der Waals surface area contributed by atoms with Crippen molar-refractivity contribution in [3.05, 3.63) is 75.6 Å². The molecule has 1 aromatic heterocycles. The van der Waals surface area contributed by atoms with Crippen LogP contribution in [0.2, 0.25) is 0 Å². The lowest BCUT2D eigenvalue weighted by atomic mass is 9.66. The molecule has 1 aliphatic heterocycles. The quantitative estimate of drug-likeness (QED) is 0.440. The van der Waals surface area contributed by atoms with E-state index in [1.807, 2.05) is 42.2 Å². The first-order chi connectivity index (χ1) is 18.5. The number of fused-ring (bicyclic) bond motifs is 4. The second kappa shape index (κ2) is 10.2. The summed E-state index contributed by atoms with van der Waals surface area (Å²) in [5.41, 5.74) is 2.50. The molecule has 2 aromatic carbocycles. The highest BCUT2D eigenvalue weighted by Crippen LogP contribution is 2.49. The number of nitrogens with zero attached hydrogens (tertiary/aromatic N) is 1. The number of aryl methyl sites for hydroxylation is 1. The molecule has 3 aromatic rings. The summed E-state index contributed by atoms with van der Waals surface area (Å²) in [4.78, 5) is 28.6. The van der Waals surface area contributed by atoms with Gasteiger partial charge in [0.05, 0.1) is 11.6 Å². The zero-order valence-electron chi connectivity index (χ0n) is 22.2. The molecule has 1 N–H and O–H groups in total. The van der Waals surface area contributed by atoms with Gasteiger partial charge in [-0.1, -0.05) is 50.1 Å². The van der Waals surface area contributed by atoms with Crippen molar-refractivity contribution in [3.63, 3.8) is 0 Å². The molecule has 2 heterocycles. The zero-order valence-corrected chi connectivity index (χ0v) is 22.2. The number of amides is 1. The summed E-state index contributed by atoms with van der Waals surface area (Å²) in [5, 5.41) is 12.5. The van der Waals surface area contributed by atoms with Crippen molar-refractivity contribution in [1.29, 1.82) is 0 Å². The summed E-state index contributed by atoms with van der Waals surface area (Å²) < 4.78 is 12.0. The van der Waals surface area contributed by atoms with Gasteiger partial charge in [0.25, 0.3) is 5.91 Å².